The number of sulfonamides is 1. The van der Waals surface area contributed by atoms with Crippen molar-refractivity contribution >= 4 is 48.7 Å². The normalized spacial score (nSPS) is 11.3. The zero-order valence-electron chi connectivity index (χ0n) is 15.8. The van der Waals surface area contributed by atoms with Crippen LogP contribution in [0.3, 0.4) is 0 Å². The Balaban J connectivity index is 1.86. The van der Waals surface area contributed by atoms with Crippen molar-refractivity contribution in [2.24, 2.45) is 0 Å². The third kappa shape index (κ3) is 4.05. The number of hydrogen-bond acceptors (Lipinski definition) is 6. The zero-order valence-corrected chi connectivity index (χ0v) is 17.5. The summed E-state index contributed by atoms with van der Waals surface area (Å²) in [7, 11) is 1.21. The largest absolute Gasteiger partial charge is 0.493 e. The minimum atomic E-state index is -3.35. The predicted octanol–water partition coefficient (Wildman–Crippen LogP) is 3.57. The Morgan fingerprint density at radius 1 is 1.04 bits per heavy atom. The second kappa shape index (κ2) is 7.69. The lowest BCUT2D eigenvalue weighted by atomic mass is 10.2. The van der Waals surface area contributed by atoms with Crippen molar-refractivity contribution in [2.75, 3.05) is 37.1 Å². The minimum Gasteiger partial charge on any atom is -0.493 e. The number of nitrogens with zero attached hydrogens (tertiary/aromatic N) is 1. The van der Waals surface area contributed by atoms with Gasteiger partial charge in [0.2, 0.25) is 10.0 Å². The molecule has 0 saturated heterocycles. The number of carbonyl (C=O) groups is 1. The summed E-state index contributed by atoms with van der Waals surface area (Å²) in [5.74, 6) is 0.835. The number of hydrogen-bond donors (Lipinski definition) is 1. The van der Waals surface area contributed by atoms with Gasteiger partial charge in [-0.15, -0.1) is 11.3 Å². The summed E-state index contributed by atoms with van der Waals surface area (Å²) in [5.41, 5.74) is 1.12. The maximum Gasteiger partial charge on any atom is 0.265 e. The molecule has 0 fully saturated rings. The molecule has 1 N–H and O–H groups in total. The molecule has 0 aliphatic rings. The number of amides is 1. The van der Waals surface area contributed by atoms with E-state index in [1.54, 1.807) is 43.5 Å². The summed E-state index contributed by atoms with van der Waals surface area (Å²) in [6.07, 6.45) is 1.15. The van der Waals surface area contributed by atoms with E-state index in [-0.39, 0.29) is 5.91 Å². The smallest absolute Gasteiger partial charge is 0.265 e. The third-order valence-corrected chi connectivity index (χ3v) is 6.55. The summed E-state index contributed by atoms with van der Waals surface area (Å²) in [6.45, 7) is 0. The lowest BCUT2D eigenvalue weighted by Gasteiger charge is -2.16. The molecule has 0 aliphatic carbocycles. The molecule has 148 valence electrons. The van der Waals surface area contributed by atoms with E-state index in [0.29, 0.717) is 27.8 Å². The van der Waals surface area contributed by atoms with E-state index in [9.17, 15) is 13.2 Å². The summed E-state index contributed by atoms with van der Waals surface area (Å²) in [6, 6.07) is 12.2. The van der Waals surface area contributed by atoms with Gasteiger partial charge >= 0.3 is 0 Å². The number of fused-ring (bicyclic) bond motifs is 1. The number of anilines is 2. The monoisotopic (exact) mass is 420 g/mol. The van der Waals surface area contributed by atoms with Crippen molar-refractivity contribution in [3.63, 3.8) is 0 Å². The maximum atomic E-state index is 12.6. The van der Waals surface area contributed by atoms with Crippen LogP contribution in [0.15, 0.2) is 42.5 Å². The standard InChI is InChI=1S/C19H20N2O5S2/c1-21(28(4,23)24)14-6-8-17-12(9-14)10-18(27-17)19(22)20-13-5-7-15(25-2)16(11-13)26-3/h5-11H,1-4H3,(H,20,22). The lowest BCUT2D eigenvalue weighted by molar-refractivity contribution is 0.103. The van der Waals surface area contributed by atoms with Crippen molar-refractivity contribution in [3.8, 4) is 11.5 Å². The van der Waals surface area contributed by atoms with Crippen LogP contribution in [-0.2, 0) is 10.0 Å². The molecule has 3 aromatic rings. The second-order valence-corrected chi connectivity index (χ2v) is 9.18. The zero-order chi connectivity index (χ0) is 20.5. The average molecular weight is 421 g/mol. The lowest BCUT2D eigenvalue weighted by Crippen LogP contribution is -2.24. The molecule has 2 aromatic carbocycles. The number of rotatable bonds is 6. The topological polar surface area (TPSA) is 84.9 Å². The molecule has 0 saturated carbocycles. The van der Waals surface area contributed by atoms with Gasteiger partial charge in [-0.05, 0) is 41.8 Å². The molecule has 3 rings (SSSR count). The van der Waals surface area contributed by atoms with E-state index in [0.717, 1.165) is 16.3 Å². The summed E-state index contributed by atoms with van der Waals surface area (Å²) < 4.78 is 36.0. The molecule has 0 unspecified atom stereocenters. The molecule has 28 heavy (non-hydrogen) atoms. The van der Waals surface area contributed by atoms with Crippen molar-refractivity contribution < 1.29 is 22.7 Å². The highest BCUT2D eigenvalue weighted by Gasteiger charge is 2.15. The van der Waals surface area contributed by atoms with Crippen molar-refractivity contribution in [1.29, 1.82) is 0 Å². The first-order valence-corrected chi connectivity index (χ1v) is 10.9. The number of nitrogens with one attached hydrogen (secondary N) is 1. The fourth-order valence-corrected chi connectivity index (χ4v) is 4.07. The third-order valence-electron chi connectivity index (χ3n) is 4.23. The van der Waals surface area contributed by atoms with Crippen LogP contribution in [-0.4, -0.2) is 41.8 Å². The Labute approximate surface area is 167 Å². The molecule has 7 nitrogen and oxygen atoms in total. The SMILES string of the molecule is COc1ccc(NC(=O)c2cc3cc(N(C)S(C)(=O)=O)ccc3s2)cc1OC. The molecule has 0 atom stereocenters. The van der Waals surface area contributed by atoms with Gasteiger partial charge in [-0.3, -0.25) is 9.10 Å². The van der Waals surface area contributed by atoms with Crippen LogP contribution in [0.25, 0.3) is 10.1 Å². The Kier molecular flexibility index (Phi) is 5.48. The Morgan fingerprint density at radius 3 is 2.39 bits per heavy atom. The first-order valence-electron chi connectivity index (χ1n) is 8.24. The number of methoxy groups -OCH3 is 2. The van der Waals surface area contributed by atoms with E-state index < -0.39 is 10.0 Å². The van der Waals surface area contributed by atoms with Crippen LogP contribution in [0.4, 0.5) is 11.4 Å². The molecule has 0 radical (unpaired) electrons. The van der Waals surface area contributed by atoms with Crippen LogP contribution in [0.1, 0.15) is 9.67 Å². The molecule has 1 aromatic heterocycles. The van der Waals surface area contributed by atoms with Crippen LogP contribution < -0.4 is 19.1 Å². The van der Waals surface area contributed by atoms with Crippen LogP contribution in [0, 0.1) is 0 Å². The van der Waals surface area contributed by atoms with Crippen molar-refractivity contribution in [1.82, 2.24) is 0 Å². The predicted molar refractivity (Wildman–Crippen MR) is 113 cm³/mol. The van der Waals surface area contributed by atoms with E-state index in [1.807, 2.05) is 6.07 Å². The number of thiophene rings is 1. The highest BCUT2D eigenvalue weighted by atomic mass is 32.2. The quantitative estimate of drug-likeness (QED) is 0.659. The molecule has 1 amide bonds. The van der Waals surface area contributed by atoms with Gasteiger partial charge in [0.25, 0.3) is 5.91 Å². The molecule has 0 spiro atoms. The molecule has 1 heterocycles. The molecule has 9 heteroatoms. The highest BCUT2D eigenvalue weighted by Crippen LogP contribution is 2.32. The van der Waals surface area contributed by atoms with Crippen LogP contribution in [0.5, 0.6) is 11.5 Å². The molecule has 0 aliphatic heterocycles. The number of benzene rings is 2. The van der Waals surface area contributed by atoms with E-state index >= 15 is 0 Å². The molecular formula is C19H20N2O5S2. The number of ether oxygens (including phenoxy) is 2. The fourth-order valence-electron chi connectivity index (χ4n) is 2.64. The van der Waals surface area contributed by atoms with Gasteiger partial charge in [-0.2, -0.15) is 0 Å². The van der Waals surface area contributed by atoms with Gasteiger partial charge in [0.1, 0.15) is 0 Å². The summed E-state index contributed by atoms with van der Waals surface area (Å²) in [4.78, 5) is 13.2. The maximum absolute atomic E-state index is 12.6. The fraction of sp³-hybridized carbons (Fsp3) is 0.211. The highest BCUT2D eigenvalue weighted by molar-refractivity contribution is 7.92. The Bertz CT molecular complexity index is 1140. The Hall–Kier alpha value is -2.78. The minimum absolute atomic E-state index is 0.258. The Morgan fingerprint density at radius 2 is 1.75 bits per heavy atom. The van der Waals surface area contributed by atoms with Gasteiger partial charge in [0, 0.05) is 23.5 Å². The number of carbonyl (C=O) groups excluding carboxylic acids is 1. The first-order chi connectivity index (χ1) is 13.2. The second-order valence-electron chi connectivity index (χ2n) is 6.09. The van der Waals surface area contributed by atoms with Gasteiger partial charge in [-0.25, -0.2) is 8.42 Å². The van der Waals surface area contributed by atoms with E-state index in [2.05, 4.69) is 5.32 Å². The van der Waals surface area contributed by atoms with Crippen molar-refractivity contribution in [2.45, 2.75) is 0 Å². The van der Waals surface area contributed by atoms with Gasteiger partial charge in [0.15, 0.2) is 11.5 Å². The van der Waals surface area contributed by atoms with E-state index in [1.165, 1.54) is 29.8 Å². The van der Waals surface area contributed by atoms with Crippen molar-refractivity contribution in [3.05, 3.63) is 47.3 Å². The van der Waals surface area contributed by atoms with Crippen LogP contribution >= 0.6 is 11.3 Å². The van der Waals surface area contributed by atoms with E-state index in [4.69, 9.17) is 9.47 Å². The summed E-state index contributed by atoms with van der Waals surface area (Å²) >= 11 is 1.33. The van der Waals surface area contributed by atoms with Crippen LogP contribution in [0.2, 0.25) is 0 Å². The first kappa shape index (κ1) is 20.0. The van der Waals surface area contributed by atoms with Gasteiger partial charge < -0.3 is 14.8 Å². The average Bonchev–Trinajstić information content (AvgIpc) is 3.10. The molecule has 0 bridgehead atoms. The van der Waals surface area contributed by atoms with Gasteiger partial charge in [-0.1, -0.05) is 0 Å². The van der Waals surface area contributed by atoms with Gasteiger partial charge in [0.05, 0.1) is 31.0 Å². The molecular weight excluding hydrogens is 400 g/mol. The summed E-state index contributed by atoms with van der Waals surface area (Å²) in [5, 5.41) is 3.64.